The Labute approximate surface area is 128 Å². The number of thiophene rings is 1. The van der Waals surface area contributed by atoms with Gasteiger partial charge in [-0.15, -0.1) is 11.3 Å². The molecule has 2 heterocycles. The Morgan fingerprint density at radius 3 is 2.95 bits per heavy atom. The first-order chi connectivity index (χ1) is 10.3. The first-order valence-electron chi connectivity index (χ1n) is 7.54. The van der Waals surface area contributed by atoms with E-state index in [9.17, 15) is 4.79 Å². The lowest BCUT2D eigenvalue weighted by atomic mass is 9.97. The summed E-state index contributed by atoms with van der Waals surface area (Å²) in [5, 5.41) is 4.07. The van der Waals surface area contributed by atoms with Gasteiger partial charge >= 0.3 is 0 Å². The van der Waals surface area contributed by atoms with Crippen molar-refractivity contribution in [2.24, 2.45) is 0 Å². The van der Waals surface area contributed by atoms with E-state index in [0.29, 0.717) is 25.6 Å². The molecule has 0 radical (unpaired) electrons. The Bertz CT molecular complexity index is 705. The van der Waals surface area contributed by atoms with E-state index in [-0.39, 0.29) is 5.56 Å². The average molecular weight is 307 g/mol. The quantitative estimate of drug-likeness (QED) is 0.862. The second-order valence-corrected chi connectivity index (χ2v) is 6.38. The van der Waals surface area contributed by atoms with Gasteiger partial charge in [-0.05, 0) is 38.2 Å². The summed E-state index contributed by atoms with van der Waals surface area (Å²) in [6, 6.07) is 0. The average Bonchev–Trinajstić information content (AvgIpc) is 2.86. The number of aryl methyl sites for hydroxylation is 2. The van der Waals surface area contributed by atoms with Gasteiger partial charge in [0.25, 0.3) is 5.56 Å². The highest BCUT2D eigenvalue weighted by molar-refractivity contribution is 7.18. The van der Waals surface area contributed by atoms with Crippen molar-refractivity contribution in [2.75, 3.05) is 25.6 Å². The van der Waals surface area contributed by atoms with Crippen LogP contribution < -0.4 is 10.9 Å². The second-order valence-electron chi connectivity index (χ2n) is 5.30. The SMILES string of the molecule is CCn1c(NCCOC)nc2sc3c(c2c1=O)CCCC3. The van der Waals surface area contributed by atoms with Crippen LogP contribution >= 0.6 is 11.3 Å². The minimum Gasteiger partial charge on any atom is -0.383 e. The molecule has 3 rings (SSSR count). The predicted octanol–water partition coefficient (Wildman–Crippen LogP) is 2.42. The van der Waals surface area contributed by atoms with Crippen LogP contribution in [0.5, 0.6) is 0 Å². The van der Waals surface area contributed by atoms with Gasteiger partial charge in [-0.25, -0.2) is 4.98 Å². The molecular weight excluding hydrogens is 286 g/mol. The van der Waals surface area contributed by atoms with E-state index in [1.54, 1.807) is 23.0 Å². The third-order valence-corrected chi connectivity index (χ3v) is 5.17. The number of anilines is 1. The van der Waals surface area contributed by atoms with Crippen LogP contribution in [0.25, 0.3) is 10.2 Å². The van der Waals surface area contributed by atoms with E-state index < -0.39 is 0 Å². The maximum absolute atomic E-state index is 12.8. The topological polar surface area (TPSA) is 56.1 Å². The molecule has 0 fully saturated rings. The summed E-state index contributed by atoms with van der Waals surface area (Å²) in [4.78, 5) is 19.7. The van der Waals surface area contributed by atoms with Crippen molar-refractivity contribution in [3.8, 4) is 0 Å². The van der Waals surface area contributed by atoms with Gasteiger partial charge in [0, 0.05) is 25.1 Å². The Balaban J connectivity index is 2.11. The highest BCUT2D eigenvalue weighted by atomic mass is 32.1. The standard InChI is InChI=1S/C15H21N3O2S/c1-3-18-14(19)12-10-6-4-5-7-11(10)21-13(12)17-15(18)16-8-9-20-2/h3-9H2,1-2H3,(H,16,17). The number of nitrogens with one attached hydrogen (secondary N) is 1. The lowest BCUT2D eigenvalue weighted by molar-refractivity contribution is 0.210. The maximum atomic E-state index is 12.8. The number of rotatable bonds is 5. The molecule has 1 N–H and O–H groups in total. The maximum Gasteiger partial charge on any atom is 0.263 e. The van der Waals surface area contributed by atoms with Gasteiger partial charge < -0.3 is 10.1 Å². The molecule has 6 heteroatoms. The van der Waals surface area contributed by atoms with Crippen molar-refractivity contribution in [1.82, 2.24) is 9.55 Å². The molecule has 0 bridgehead atoms. The molecule has 0 amide bonds. The highest BCUT2D eigenvalue weighted by Gasteiger charge is 2.21. The molecule has 0 spiro atoms. The van der Waals surface area contributed by atoms with Gasteiger partial charge in [0.15, 0.2) is 0 Å². The van der Waals surface area contributed by atoms with Crippen LogP contribution in [-0.2, 0) is 24.1 Å². The molecule has 0 aromatic carbocycles. The number of hydrogen-bond donors (Lipinski definition) is 1. The van der Waals surface area contributed by atoms with E-state index in [0.717, 1.165) is 23.1 Å². The molecule has 2 aromatic rings. The first-order valence-corrected chi connectivity index (χ1v) is 8.35. The van der Waals surface area contributed by atoms with Gasteiger partial charge in [0.1, 0.15) is 4.83 Å². The summed E-state index contributed by atoms with van der Waals surface area (Å²) in [5.74, 6) is 0.658. The van der Waals surface area contributed by atoms with E-state index >= 15 is 0 Å². The normalized spacial score (nSPS) is 14.4. The fourth-order valence-corrected chi connectivity index (χ4v) is 4.18. The highest BCUT2D eigenvalue weighted by Crippen LogP contribution is 2.34. The van der Waals surface area contributed by atoms with E-state index in [4.69, 9.17) is 9.72 Å². The number of methoxy groups -OCH3 is 1. The van der Waals surface area contributed by atoms with E-state index in [1.165, 1.54) is 23.3 Å². The van der Waals surface area contributed by atoms with Crippen molar-refractivity contribution in [1.29, 1.82) is 0 Å². The molecule has 2 aromatic heterocycles. The first kappa shape index (κ1) is 14.5. The van der Waals surface area contributed by atoms with Crippen LogP contribution in [-0.4, -0.2) is 29.8 Å². The lowest BCUT2D eigenvalue weighted by Gasteiger charge is -2.13. The zero-order chi connectivity index (χ0) is 14.8. The van der Waals surface area contributed by atoms with Gasteiger partial charge in [-0.3, -0.25) is 9.36 Å². The number of aromatic nitrogens is 2. The van der Waals surface area contributed by atoms with Crippen molar-refractivity contribution in [3.63, 3.8) is 0 Å². The molecule has 0 aliphatic heterocycles. The Kier molecular flexibility index (Phi) is 4.26. The van der Waals surface area contributed by atoms with Gasteiger partial charge in [-0.1, -0.05) is 0 Å². The van der Waals surface area contributed by atoms with Crippen molar-refractivity contribution >= 4 is 27.5 Å². The third kappa shape index (κ3) is 2.58. The fraction of sp³-hybridized carbons (Fsp3) is 0.600. The third-order valence-electron chi connectivity index (χ3n) is 3.98. The summed E-state index contributed by atoms with van der Waals surface area (Å²) < 4.78 is 6.78. The summed E-state index contributed by atoms with van der Waals surface area (Å²) >= 11 is 1.69. The van der Waals surface area contributed by atoms with E-state index in [2.05, 4.69) is 5.32 Å². The molecule has 0 unspecified atom stereocenters. The van der Waals surface area contributed by atoms with Crippen LogP contribution in [0.15, 0.2) is 4.79 Å². The van der Waals surface area contributed by atoms with Crippen molar-refractivity contribution in [2.45, 2.75) is 39.2 Å². The van der Waals surface area contributed by atoms with Crippen LogP contribution in [0, 0.1) is 0 Å². The summed E-state index contributed by atoms with van der Waals surface area (Å²) in [6.07, 6.45) is 4.51. The minimum atomic E-state index is 0.0989. The largest absolute Gasteiger partial charge is 0.383 e. The van der Waals surface area contributed by atoms with Crippen LogP contribution in [0.1, 0.15) is 30.2 Å². The summed E-state index contributed by atoms with van der Waals surface area (Å²) in [5.41, 5.74) is 1.35. The van der Waals surface area contributed by atoms with Crippen LogP contribution in [0.3, 0.4) is 0 Å². The smallest absolute Gasteiger partial charge is 0.263 e. The number of fused-ring (bicyclic) bond motifs is 3. The molecule has 21 heavy (non-hydrogen) atoms. The number of nitrogens with zero attached hydrogens (tertiary/aromatic N) is 2. The van der Waals surface area contributed by atoms with Crippen LogP contribution in [0.2, 0.25) is 0 Å². The Morgan fingerprint density at radius 1 is 1.38 bits per heavy atom. The number of hydrogen-bond acceptors (Lipinski definition) is 5. The molecule has 1 aliphatic rings. The van der Waals surface area contributed by atoms with Crippen LogP contribution in [0.4, 0.5) is 5.95 Å². The van der Waals surface area contributed by atoms with Gasteiger partial charge in [-0.2, -0.15) is 0 Å². The Morgan fingerprint density at radius 2 is 2.19 bits per heavy atom. The van der Waals surface area contributed by atoms with Crippen molar-refractivity contribution < 1.29 is 4.74 Å². The van der Waals surface area contributed by atoms with Gasteiger partial charge in [0.2, 0.25) is 5.95 Å². The van der Waals surface area contributed by atoms with Gasteiger partial charge in [0.05, 0.1) is 12.0 Å². The molecule has 0 atom stereocenters. The predicted molar refractivity (Wildman–Crippen MR) is 86.6 cm³/mol. The number of ether oxygens (including phenoxy) is 1. The van der Waals surface area contributed by atoms with Crippen molar-refractivity contribution in [3.05, 3.63) is 20.8 Å². The molecule has 0 saturated heterocycles. The zero-order valence-electron chi connectivity index (χ0n) is 12.6. The molecule has 1 aliphatic carbocycles. The summed E-state index contributed by atoms with van der Waals surface area (Å²) in [7, 11) is 1.67. The van der Waals surface area contributed by atoms with E-state index in [1.807, 2.05) is 6.92 Å². The molecule has 0 saturated carbocycles. The lowest BCUT2D eigenvalue weighted by Crippen LogP contribution is -2.25. The minimum absolute atomic E-state index is 0.0989. The molecule has 5 nitrogen and oxygen atoms in total. The fourth-order valence-electron chi connectivity index (χ4n) is 2.93. The summed E-state index contributed by atoms with van der Waals surface area (Å²) in [6.45, 7) is 3.86. The molecule has 114 valence electrons. The molecular formula is C15H21N3O2S. The monoisotopic (exact) mass is 307 g/mol. The zero-order valence-corrected chi connectivity index (χ0v) is 13.4. The Hall–Kier alpha value is -1.40. The second kappa shape index (κ2) is 6.15.